The molecule has 1 N–H and O–H groups in total. The molecule has 0 aliphatic rings. The molecule has 0 radical (unpaired) electrons. The van der Waals surface area contributed by atoms with Gasteiger partial charge in [0.25, 0.3) is 0 Å². The minimum absolute atomic E-state index is 0.0125. The molecule has 2 aromatic rings. The Morgan fingerprint density at radius 3 is 2.19 bits per heavy atom. The Bertz CT molecular complexity index is 1090. The van der Waals surface area contributed by atoms with Crippen molar-refractivity contribution >= 4 is 27.5 Å². The summed E-state index contributed by atoms with van der Waals surface area (Å²) in [4.78, 5) is 27.8. The molecule has 0 spiro atoms. The van der Waals surface area contributed by atoms with Crippen LogP contribution in [0.2, 0.25) is 0 Å². The van der Waals surface area contributed by atoms with Crippen molar-refractivity contribution in [2.45, 2.75) is 65.5 Å². The lowest BCUT2D eigenvalue weighted by Crippen LogP contribution is -2.50. The number of ether oxygens (including phenoxy) is 1. The SMILES string of the molecule is CCOc1ccc(N(CCCC(=O)N(CCc2ccccc2)[C@@H](C)C(=O)N[C@H](C)CC)S(C)(=O)=O)cc1. The van der Waals surface area contributed by atoms with Crippen molar-refractivity contribution in [2.24, 2.45) is 0 Å². The van der Waals surface area contributed by atoms with Crippen molar-refractivity contribution in [3.8, 4) is 5.75 Å². The Morgan fingerprint density at radius 2 is 1.62 bits per heavy atom. The molecule has 37 heavy (non-hydrogen) atoms. The number of rotatable bonds is 15. The third-order valence-corrected chi connectivity index (χ3v) is 7.43. The minimum Gasteiger partial charge on any atom is -0.494 e. The number of carbonyl (C=O) groups is 2. The van der Waals surface area contributed by atoms with Crippen molar-refractivity contribution in [1.29, 1.82) is 0 Å². The van der Waals surface area contributed by atoms with Crippen LogP contribution in [0, 0.1) is 0 Å². The zero-order chi connectivity index (χ0) is 27.4. The van der Waals surface area contributed by atoms with Crippen LogP contribution in [0.3, 0.4) is 0 Å². The van der Waals surface area contributed by atoms with Crippen LogP contribution in [0.1, 0.15) is 52.5 Å². The molecule has 0 aromatic heterocycles. The Hall–Kier alpha value is -3.07. The predicted octanol–water partition coefficient (Wildman–Crippen LogP) is 4.01. The van der Waals surface area contributed by atoms with E-state index in [4.69, 9.17) is 4.74 Å². The number of carbonyl (C=O) groups excluding carboxylic acids is 2. The Morgan fingerprint density at radius 1 is 0.973 bits per heavy atom. The molecule has 0 saturated heterocycles. The summed E-state index contributed by atoms with van der Waals surface area (Å²) in [5, 5.41) is 2.96. The fourth-order valence-electron chi connectivity index (χ4n) is 3.91. The second kappa shape index (κ2) is 14.6. The fourth-order valence-corrected chi connectivity index (χ4v) is 4.88. The summed E-state index contributed by atoms with van der Waals surface area (Å²) < 4.78 is 31.7. The topological polar surface area (TPSA) is 96.0 Å². The molecule has 0 heterocycles. The van der Waals surface area contributed by atoms with Gasteiger partial charge >= 0.3 is 0 Å². The van der Waals surface area contributed by atoms with E-state index in [9.17, 15) is 18.0 Å². The molecule has 2 atom stereocenters. The van der Waals surface area contributed by atoms with E-state index in [0.29, 0.717) is 37.4 Å². The van der Waals surface area contributed by atoms with Crippen LogP contribution < -0.4 is 14.4 Å². The maximum absolute atomic E-state index is 13.3. The number of hydrogen-bond donors (Lipinski definition) is 1. The molecule has 2 rings (SSSR count). The van der Waals surface area contributed by atoms with E-state index in [0.717, 1.165) is 18.2 Å². The molecule has 2 amide bonds. The maximum Gasteiger partial charge on any atom is 0.242 e. The quantitative estimate of drug-likeness (QED) is 0.375. The van der Waals surface area contributed by atoms with E-state index < -0.39 is 16.1 Å². The van der Waals surface area contributed by atoms with Gasteiger partial charge in [0.1, 0.15) is 11.8 Å². The number of benzene rings is 2. The van der Waals surface area contributed by atoms with Gasteiger partial charge in [-0.3, -0.25) is 13.9 Å². The molecular formula is C28H41N3O5S. The lowest BCUT2D eigenvalue weighted by molar-refractivity contribution is -0.140. The summed E-state index contributed by atoms with van der Waals surface area (Å²) in [7, 11) is -3.55. The van der Waals surface area contributed by atoms with Crippen molar-refractivity contribution < 1.29 is 22.7 Å². The molecule has 0 saturated carbocycles. The largest absolute Gasteiger partial charge is 0.494 e. The van der Waals surface area contributed by atoms with Gasteiger partial charge in [-0.15, -0.1) is 0 Å². The highest BCUT2D eigenvalue weighted by Crippen LogP contribution is 2.22. The van der Waals surface area contributed by atoms with E-state index in [1.807, 2.05) is 51.1 Å². The van der Waals surface area contributed by atoms with Crippen LogP contribution in [-0.4, -0.2) is 63.2 Å². The van der Waals surface area contributed by atoms with Crippen molar-refractivity contribution in [2.75, 3.05) is 30.3 Å². The molecule has 0 aliphatic heterocycles. The molecule has 9 heteroatoms. The molecule has 8 nitrogen and oxygen atoms in total. The van der Waals surface area contributed by atoms with Gasteiger partial charge < -0.3 is 15.0 Å². The van der Waals surface area contributed by atoms with Gasteiger partial charge in [0.05, 0.1) is 18.6 Å². The van der Waals surface area contributed by atoms with Gasteiger partial charge in [-0.1, -0.05) is 37.3 Å². The van der Waals surface area contributed by atoms with Gasteiger partial charge in [0, 0.05) is 25.6 Å². The molecule has 204 valence electrons. The standard InChI is InChI=1S/C28H41N3O5S/c1-6-22(3)29-28(33)23(4)30(21-19-24-12-9-8-10-13-24)27(32)14-11-20-31(37(5,34)35)25-15-17-26(18-16-25)36-7-2/h8-10,12-13,15-18,22-23H,6-7,11,14,19-21H2,1-5H3,(H,29,33)/t22-,23+/m1/s1. The van der Waals surface area contributed by atoms with Gasteiger partial charge in [0.2, 0.25) is 21.8 Å². The van der Waals surface area contributed by atoms with Crippen LogP contribution >= 0.6 is 0 Å². The van der Waals surface area contributed by atoms with Gasteiger partial charge in [-0.25, -0.2) is 8.42 Å². The highest BCUT2D eigenvalue weighted by atomic mass is 32.2. The van der Waals surface area contributed by atoms with Crippen molar-refractivity contribution in [1.82, 2.24) is 10.2 Å². The molecule has 0 unspecified atom stereocenters. The smallest absolute Gasteiger partial charge is 0.242 e. The Kier molecular flexibility index (Phi) is 11.9. The third kappa shape index (κ3) is 9.72. The molecular weight excluding hydrogens is 490 g/mol. The molecule has 2 aromatic carbocycles. The zero-order valence-corrected chi connectivity index (χ0v) is 23.5. The minimum atomic E-state index is -3.55. The summed E-state index contributed by atoms with van der Waals surface area (Å²) in [5.74, 6) is 0.291. The lowest BCUT2D eigenvalue weighted by atomic mass is 10.1. The van der Waals surface area contributed by atoms with Crippen molar-refractivity contribution in [3.63, 3.8) is 0 Å². The molecule has 0 aliphatic carbocycles. The number of anilines is 1. The average molecular weight is 532 g/mol. The number of hydrogen-bond acceptors (Lipinski definition) is 5. The summed E-state index contributed by atoms with van der Waals surface area (Å²) in [6, 6.07) is 16.0. The summed E-state index contributed by atoms with van der Waals surface area (Å²) in [6.07, 6.45) is 3.01. The van der Waals surface area contributed by atoms with E-state index in [-0.39, 0.29) is 30.8 Å². The van der Waals surface area contributed by atoms with E-state index in [2.05, 4.69) is 5.32 Å². The second-order valence-electron chi connectivity index (χ2n) is 9.18. The predicted molar refractivity (Wildman–Crippen MR) is 148 cm³/mol. The van der Waals surface area contributed by atoms with Crippen LogP contribution in [0.15, 0.2) is 54.6 Å². The maximum atomic E-state index is 13.3. The Labute approximate surface area is 222 Å². The molecule has 0 bridgehead atoms. The zero-order valence-electron chi connectivity index (χ0n) is 22.6. The van der Waals surface area contributed by atoms with E-state index in [1.54, 1.807) is 36.1 Å². The average Bonchev–Trinajstić information content (AvgIpc) is 2.87. The van der Waals surface area contributed by atoms with Crippen molar-refractivity contribution in [3.05, 3.63) is 60.2 Å². The number of amides is 2. The first kappa shape index (κ1) is 30.2. The number of nitrogens with zero attached hydrogens (tertiary/aromatic N) is 2. The highest BCUT2D eigenvalue weighted by Gasteiger charge is 2.27. The first-order valence-corrected chi connectivity index (χ1v) is 14.8. The lowest BCUT2D eigenvalue weighted by Gasteiger charge is -2.30. The highest BCUT2D eigenvalue weighted by molar-refractivity contribution is 7.92. The summed E-state index contributed by atoms with van der Waals surface area (Å²) in [6.45, 7) is 8.61. The van der Waals surface area contributed by atoms with Crippen LogP contribution in [-0.2, 0) is 26.0 Å². The second-order valence-corrected chi connectivity index (χ2v) is 11.1. The monoisotopic (exact) mass is 531 g/mol. The number of nitrogens with one attached hydrogen (secondary N) is 1. The summed E-state index contributed by atoms with van der Waals surface area (Å²) >= 11 is 0. The molecule has 0 fully saturated rings. The normalized spacial score (nSPS) is 12.9. The number of sulfonamides is 1. The van der Waals surface area contributed by atoms with E-state index >= 15 is 0 Å². The van der Waals surface area contributed by atoms with E-state index in [1.165, 1.54) is 4.31 Å². The first-order valence-electron chi connectivity index (χ1n) is 12.9. The summed E-state index contributed by atoms with van der Waals surface area (Å²) in [5.41, 5.74) is 1.59. The van der Waals surface area contributed by atoms with Crippen LogP contribution in [0.5, 0.6) is 5.75 Å². The van der Waals surface area contributed by atoms with Crippen LogP contribution in [0.25, 0.3) is 0 Å². The third-order valence-electron chi connectivity index (χ3n) is 6.24. The Balaban J connectivity index is 2.10. The van der Waals surface area contributed by atoms with Gasteiger partial charge in [-0.2, -0.15) is 0 Å². The first-order chi connectivity index (χ1) is 17.6. The van der Waals surface area contributed by atoms with Gasteiger partial charge in [-0.05, 0) is 69.9 Å². The fraction of sp³-hybridized carbons (Fsp3) is 0.500. The van der Waals surface area contributed by atoms with Crippen LogP contribution in [0.4, 0.5) is 5.69 Å². The van der Waals surface area contributed by atoms with Gasteiger partial charge in [0.15, 0.2) is 0 Å².